The third-order valence-electron chi connectivity index (χ3n) is 2.92. The molecular formula is C12H20N4O2. The van der Waals surface area contributed by atoms with Gasteiger partial charge in [0.15, 0.2) is 0 Å². The van der Waals surface area contributed by atoms with E-state index in [2.05, 4.69) is 0 Å². The second kappa shape index (κ2) is 5.20. The van der Waals surface area contributed by atoms with E-state index in [1.807, 2.05) is 65.4 Å². The Labute approximate surface area is 108 Å². The smallest absolute Gasteiger partial charge is 0.350 e. The standard InChI is InChI=1S/C12H20N4O2/c1-4-18-12(17)11(15-7-5-13(2)9-15)16-8-6-14(3)10-16/h5-8,11H,4,9-10H2,1-3H3. The quantitative estimate of drug-likeness (QED) is 0.667. The van der Waals surface area contributed by atoms with Gasteiger partial charge < -0.3 is 24.3 Å². The van der Waals surface area contributed by atoms with Crippen LogP contribution in [-0.4, -0.2) is 65.8 Å². The highest BCUT2D eigenvalue weighted by molar-refractivity contribution is 5.75. The highest BCUT2D eigenvalue weighted by atomic mass is 16.5. The van der Waals surface area contributed by atoms with Crippen molar-refractivity contribution < 1.29 is 9.53 Å². The van der Waals surface area contributed by atoms with E-state index in [0.717, 1.165) is 0 Å². The molecule has 0 aromatic heterocycles. The molecule has 2 heterocycles. The highest BCUT2D eigenvalue weighted by Gasteiger charge is 2.33. The Hall–Kier alpha value is -1.85. The molecule has 100 valence electrons. The lowest BCUT2D eigenvalue weighted by Gasteiger charge is -2.34. The van der Waals surface area contributed by atoms with E-state index in [9.17, 15) is 4.79 Å². The molecule has 0 saturated heterocycles. The van der Waals surface area contributed by atoms with Gasteiger partial charge in [0.05, 0.1) is 19.9 Å². The first-order chi connectivity index (χ1) is 8.61. The van der Waals surface area contributed by atoms with Crippen molar-refractivity contribution in [1.29, 1.82) is 0 Å². The van der Waals surface area contributed by atoms with Gasteiger partial charge in [0.25, 0.3) is 0 Å². The van der Waals surface area contributed by atoms with Gasteiger partial charge in [-0.1, -0.05) is 0 Å². The molecule has 0 unspecified atom stereocenters. The first-order valence-electron chi connectivity index (χ1n) is 6.07. The molecule has 6 nitrogen and oxygen atoms in total. The van der Waals surface area contributed by atoms with Crippen molar-refractivity contribution in [2.45, 2.75) is 13.1 Å². The third-order valence-corrected chi connectivity index (χ3v) is 2.92. The second-order valence-corrected chi connectivity index (χ2v) is 4.55. The summed E-state index contributed by atoms with van der Waals surface area (Å²) in [5, 5.41) is 0. The fourth-order valence-corrected chi connectivity index (χ4v) is 2.10. The summed E-state index contributed by atoms with van der Waals surface area (Å²) in [5.74, 6) is -0.211. The molecule has 18 heavy (non-hydrogen) atoms. The normalized spacial score (nSPS) is 18.4. The van der Waals surface area contributed by atoms with Crippen LogP contribution in [0.2, 0.25) is 0 Å². The second-order valence-electron chi connectivity index (χ2n) is 4.55. The van der Waals surface area contributed by atoms with Crippen LogP contribution >= 0.6 is 0 Å². The zero-order valence-electron chi connectivity index (χ0n) is 11.1. The number of rotatable bonds is 4. The molecule has 0 atom stereocenters. The Morgan fingerprint density at radius 2 is 1.61 bits per heavy atom. The fourth-order valence-electron chi connectivity index (χ4n) is 2.10. The predicted molar refractivity (Wildman–Crippen MR) is 67.6 cm³/mol. The molecule has 2 rings (SSSR count). The van der Waals surface area contributed by atoms with E-state index >= 15 is 0 Å². The maximum Gasteiger partial charge on any atom is 0.350 e. The molecule has 0 N–H and O–H groups in total. The van der Waals surface area contributed by atoms with Gasteiger partial charge in [-0.2, -0.15) is 0 Å². The summed E-state index contributed by atoms with van der Waals surface area (Å²) in [5.41, 5.74) is 0. The summed E-state index contributed by atoms with van der Waals surface area (Å²) < 4.78 is 5.17. The van der Waals surface area contributed by atoms with Gasteiger partial charge in [-0.3, -0.25) is 0 Å². The minimum atomic E-state index is -0.396. The molecular weight excluding hydrogens is 232 g/mol. The number of esters is 1. The van der Waals surface area contributed by atoms with Crippen LogP contribution in [0.25, 0.3) is 0 Å². The number of ether oxygens (including phenoxy) is 1. The molecule has 2 aliphatic heterocycles. The van der Waals surface area contributed by atoms with Gasteiger partial charge in [-0.15, -0.1) is 0 Å². The number of hydrogen-bond acceptors (Lipinski definition) is 6. The van der Waals surface area contributed by atoms with Crippen molar-refractivity contribution >= 4 is 5.97 Å². The minimum Gasteiger partial charge on any atom is -0.463 e. The Morgan fingerprint density at radius 1 is 1.11 bits per heavy atom. The van der Waals surface area contributed by atoms with Crippen LogP contribution in [0.4, 0.5) is 0 Å². The number of nitrogens with zero attached hydrogens (tertiary/aromatic N) is 4. The molecule has 0 amide bonds. The average Bonchev–Trinajstić information content (AvgIpc) is 2.90. The Morgan fingerprint density at radius 3 is 1.94 bits per heavy atom. The molecule has 0 aliphatic carbocycles. The summed E-state index contributed by atoms with van der Waals surface area (Å²) in [6, 6.07) is 0. The van der Waals surface area contributed by atoms with E-state index in [1.165, 1.54) is 0 Å². The van der Waals surface area contributed by atoms with Crippen molar-refractivity contribution in [3.63, 3.8) is 0 Å². The molecule has 6 heteroatoms. The van der Waals surface area contributed by atoms with Gasteiger partial charge in [-0.25, -0.2) is 4.79 Å². The van der Waals surface area contributed by atoms with Crippen LogP contribution in [0, 0.1) is 0 Å². The summed E-state index contributed by atoms with van der Waals surface area (Å²) in [6.45, 7) is 3.61. The largest absolute Gasteiger partial charge is 0.463 e. The van der Waals surface area contributed by atoms with E-state index < -0.39 is 6.17 Å². The van der Waals surface area contributed by atoms with E-state index in [4.69, 9.17) is 4.74 Å². The van der Waals surface area contributed by atoms with Crippen LogP contribution in [-0.2, 0) is 9.53 Å². The van der Waals surface area contributed by atoms with E-state index in [1.54, 1.807) is 0 Å². The van der Waals surface area contributed by atoms with E-state index in [0.29, 0.717) is 19.9 Å². The zero-order valence-corrected chi connectivity index (χ0v) is 11.1. The van der Waals surface area contributed by atoms with Crippen LogP contribution in [0.3, 0.4) is 0 Å². The van der Waals surface area contributed by atoms with Gasteiger partial charge in [0.2, 0.25) is 6.17 Å². The molecule has 0 aromatic rings. The van der Waals surface area contributed by atoms with Crippen molar-refractivity contribution in [1.82, 2.24) is 19.6 Å². The van der Waals surface area contributed by atoms with Gasteiger partial charge >= 0.3 is 5.97 Å². The molecule has 0 aromatic carbocycles. The number of carbonyl (C=O) groups is 1. The first-order valence-corrected chi connectivity index (χ1v) is 6.07. The molecule has 0 radical (unpaired) electrons. The number of hydrogen-bond donors (Lipinski definition) is 0. The zero-order chi connectivity index (χ0) is 13.1. The van der Waals surface area contributed by atoms with Crippen LogP contribution in [0.5, 0.6) is 0 Å². The van der Waals surface area contributed by atoms with Crippen molar-refractivity contribution in [2.75, 3.05) is 34.0 Å². The van der Waals surface area contributed by atoms with Crippen LogP contribution in [0.15, 0.2) is 24.8 Å². The van der Waals surface area contributed by atoms with Crippen molar-refractivity contribution in [3.05, 3.63) is 24.8 Å². The van der Waals surface area contributed by atoms with Crippen molar-refractivity contribution in [3.8, 4) is 0 Å². The highest BCUT2D eigenvalue weighted by Crippen LogP contribution is 2.18. The topological polar surface area (TPSA) is 39.3 Å². The van der Waals surface area contributed by atoms with Crippen LogP contribution < -0.4 is 0 Å². The minimum absolute atomic E-state index is 0.211. The monoisotopic (exact) mass is 252 g/mol. The van der Waals surface area contributed by atoms with Gasteiger partial charge in [0.1, 0.15) is 0 Å². The Bertz CT molecular complexity index is 343. The molecule has 0 bridgehead atoms. The molecule has 0 saturated carbocycles. The average molecular weight is 252 g/mol. The lowest BCUT2D eigenvalue weighted by atomic mass is 10.4. The lowest BCUT2D eigenvalue weighted by molar-refractivity contribution is -0.154. The van der Waals surface area contributed by atoms with E-state index in [-0.39, 0.29) is 5.97 Å². The maximum atomic E-state index is 12.1. The lowest BCUT2D eigenvalue weighted by Crippen LogP contribution is -2.50. The van der Waals surface area contributed by atoms with Crippen molar-refractivity contribution in [2.24, 2.45) is 0 Å². The first kappa shape index (κ1) is 12.6. The third kappa shape index (κ3) is 2.52. The van der Waals surface area contributed by atoms with Gasteiger partial charge in [-0.05, 0) is 6.92 Å². The maximum absolute atomic E-state index is 12.1. The van der Waals surface area contributed by atoms with Gasteiger partial charge in [0, 0.05) is 38.9 Å². The Balaban J connectivity index is 2.10. The molecule has 0 spiro atoms. The summed E-state index contributed by atoms with van der Waals surface area (Å²) in [7, 11) is 3.95. The van der Waals surface area contributed by atoms with Crippen LogP contribution in [0.1, 0.15) is 6.92 Å². The molecule has 2 aliphatic rings. The summed E-state index contributed by atoms with van der Waals surface area (Å²) in [6.07, 6.45) is 7.36. The Kier molecular flexibility index (Phi) is 3.64. The molecule has 0 fully saturated rings. The fraction of sp³-hybridized carbons (Fsp3) is 0.583. The summed E-state index contributed by atoms with van der Waals surface area (Å²) in [4.78, 5) is 20.1. The predicted octanol–water partition coefficient (Wildman–Crippen LogP) is 0.228. The SMILES string of the molecule is CCOC(=O)C(N1C=CN(C)C1)N1C=CN(C)C1. The number of carbonyl (C=O) groups excluding carboxylic acids is 1. The summed E-state index contributed by atoms with van der Waals surface area (Å²) >= 11 is 0.